The average Bonchev–Trinajstić information content (AvgIpc) is 2.94. The maximum atomic E-state index is 11.5. The van der Waals surface area contributed by atoms with Crippen molar-refractivity contribution < 1.29 is 23.7 Å². The van der Waals surface area contributed by atoms with Gasteiger partial charge >= 0.3 is 5.97 Å². The molecule has 0 saturated carbocycles. The van der Waals surface area contributed by atoms with Crippen LogP contribution in [0.5, 0.6) is 0 Å². The maximum Gasteiger partial charge on any atom is 0.338 e. The molecule has 15 heavy (non-hydrogen) atoms. The molecule has 86 valence electrons. The SMILES string of the molecule is CCOC(=O)C1OC12CCOCC2OC. The highest BCUT2D eigenvalue weighted by Crippen LogP contribution is 2.46. The number of hydrogen-bond donors (Lipinski definition) is 0. The topological polar surface area (TPSA) is 57.3 Å². The first-order valence-electron chi connectivity index (χ1n) is 5.19. The first-order valence-corrected chi connectivity index (χ1v) is 5.19. The van der Waals surface area contributed by atoms with Crippen molar-refractivity contribution in [2.24, 2.45) is 0 Å². The van der Waals surface area contributed by atoms with Crippen LogP contribution in [-0.2, 0) is 23.7 Å². The summed E-state index contributed by atoms with van der Waals surface area (Å²) in [6.07, 6.45) is 0.0570. The lowest BCUT2D eigenvalue weighted by molar-refractivity contribution is -0.144. The smallest absolute Gasteiger partial charge is 0.338 e. The van der Waals surface area contributed by atoms with Gasteiger partial charge in [-0.3, -0.25) is 0 Å². The molecular weight excluding hydrogens is 200 g/mol. The minimum absolute atomic E-state index is 0.166. The van der Waals surface area contributed by atoms with Gasteiger partial charge in [0.25, 0.3) is 0 Å². The monoisotopic (exact) mass is 216 g/mol. The number of methoxy groups -OCH3 is 1. The lowest BCUT2D eigenvalue weighted by Crippen LogP contribution is -2.44. The summed E-state index contributed by atoms with van der Waals surface area (Å²) < 4.78 is 21.0. The van der Waals surface area contributed by atoms with E-state index >= 15 is 0 Å². The third kappa shape index (κ3) is 1.75. The molecule has 3 unspecified atom stereocenters. The van der Waals surface area contributed by atoms with Gasteiger partial charge in [-0.15, -0.1) is 0 Å². The summed E-state index contributed by atoms with van der Waals surface area (Å²) in [4.78, 5) is 11.5. The van der Waals surface area contributed by atoms with Crippen molar-refractivity contribution in [1.29, 1.82) is 0 Å². The second-order valence-electron chi connectivity index (χ2n) is 3.75. The van der Waals surface area contributed by atoms with Crippen LogP contribution in [0.4, 0.5) is 0 Å². The quantitative estimate of drug-likeness (QED) is 0.495. The Kier molecular flexibility index (Phi) is 2.95. The van der Waals surface area contributed by atoms with Gasteiger partial charge in [0.1, 0.15) is 11.7 Å². The second-order valence-corrected chi connectivity index (χ2v) is 3.75. The predicted molar refractivity (Wildman–Crippen MR) is 50.5 cm³/mol. The zero-order chi connectivity index (χ0) is 10.9. The van der Waals surface area contributed by atoms with Crippen molar-refractivity contribution >= 4 is 5.97 Å². The number of hydrogen-bond acceptors (Lipinski definition) is 5. The lowest BCUT2D eigenvalue weighted by atomic mass is 9.93. The van der Waals surface area contributed by atoms with Crippen molar-refractivity contribution in [3.8, 4) is 0 Å². The Hall–Kier alpha value is -0.650. The van der Waals surface area contributed by atoms with E-state index in [9.17, 15) is 4.79 Å². The zero-order valence-corrected chi connectivity index (χ0v) is 9.02. The summed E-state index contributed by atoms with van der Waals surface area (Å²) in [5.41, 5.74) is -0.487. The minimum atomic E-state index is -0.487. The number of carbonyl (C=O) groups is 1. The molecule has 3 atom stereocenters. The van der Waals surface area contributed by atoms with Crippen LogP contribution in [0.25, 0.3) is 0 Å². The van der Waals surface area contributed by atoms with Crippen LogP contribution in [0.15, 0.2) is 0 Å². The minimum Gasteiger partial charge on any atom is -0.464 e. The third-order valence-electron chi connectivity index (χ3n) is 2.96. The van der Waals surface area contributed by atoms with Crippen molar-refractivity contribution in [3.05, 3.63) is 0 Å². The van der Waals surface area contributed by atoms with Crippen molar-refractivity contribution in [2.45, 2.75) is 31.2 Å². The van der Waals surface area contributed by atoms with Crippen molar-refractivity contribution in [1.82, 2.24) is 0 Å². The highest BCUT2D eigenvalue weighted by atomic mass is 16.7. The molecule has 5 heteroatoms. The van der Waals surface area contributed by atoms with E-state index in [0.29, 0.717) is 26.2 Å². The molecule has 0 aromatic rings. The normalized spacial score (nSPS) is 39.1. The van der Waals surface area contributed by atoms with E-state index in [1.165, 1.54) is 0 Å². The van der Waals surface area contributed by atoms with E-state index in [2.05, 4.69) is 0 Å². The van der Waals surface area contributed by atoms with Crippen molar-refractivity contribution in [3.63, 3.8) is 0 Å². The molecule has 0 radical (unpaired) electrons. The zero-order valence-electron chi connectivity index (χ0n) is 9.02. The van der Waals surface area contributed by atoms with E-state index in [1.54, 1.807) is 14.0 Å². The van der Waals surface area contributed by atoms with E-state index < -0.39 is 11.7 Å². The van der Waals surface area contributed by atoms with E-state index in [1.807, 2.05) is 0 Å². The summed E-state index contributed by atoms with van der Waals surface area (Å²) in [6.45, 7) is 3.25. The Labute approximate surface area is 88.6 Å². The molecule has 2 heterocycles. The number of rotatable bonds is 3. The Morgan fingerprint density at radius 3 is 3.07 bits per heavy atom. The van der Waals surface area contributed by atoms with Gasteiger partial charge in [0.15, 0.2) is 6.10 Å². The van der Waals surface area contributed by atoms with Crippen LogP contribution < -0.4 is 0 Å². The van der Waals surface area contributed by atoms with Crippen LogP contribution in [0, 0.1) is 0 Å². The summed E-state index contributed by atoms with van der Waals surface area (Å²) in [5.74, 6) is -0.290. The molecule has 0 bridgehead atoms. The molecule has 0 amide bonds. The second kappa shape index (κ2) is 4.08. The van der Waals surface area contributed by atoms with Gasteiger partial charge in [-0.05, 0) is 6.92 Å². The Morgan fingerprint density at radius 2 is 2.40 bits per heavy atom. The van der Waals surface area contributed by atoms with Gasteiger partial charge in [0.05, 0.1) is 13.2 Å². The molecule has 2 fully saturated rings. The van der Waals surface area contributed by atoms with E-state index in [0.717, 1.165) is 0 Å². The average molecular weight is 216 g/mol. The molecule has 0 aromatic carbocycles. The molecule has 2 aliphatic rings. The van der Waals surface area contributed by atoms with Crippen LogP contribution in [0.2, 0.25) is 0 Å². The summed E-state index contributed by atoms with van der Waals surface area (Å²) in [7, 11) is 1.60. The molecule has 2 rings (SSSR count). The van der Waals surface area contributed by atoms with Crippen LogP contribution in [-0.4, -0.2) is 50.7 Å². The molecule has 0 aromatic heterocycles. The molecule has 0 aliphatic carbocycles. The number of epoxide rings is 1. The highest BCUT2D eigenvalue weighted by Gasteiger charge is 2.67. The molecule has 1 spiro atoms. The van der Waals surface area contributed by atoms with Crippen LogP contribution in [0.3, 0.4) is 0 Å². The highest BCUT2D eigenvalue weighted by molar-refractivity contribution is 5.79. The van der Waals surface area contributed by atoms with Gasteiger partial charge in [-0.25, -0.2) is 4.79 Å². The van der Waals surface area contributed by atoms with E-state index in [-0.39, 0.29) is 12.1 Å². The Balaban J connectivity index is 2.00. The van der Waals surface area contributed by atoms with Gasteiger partial charge in [0.2, 0.25) is 0 Å². The van der Waals surface area contributed by atoms with E-state index in [4.69, 9.17) is 18.9 Å². The maximum absolute atomic E-state index is 11.5. The van der Waals surface area contributed by atoms with Gasteiger partial charge < -0.3 is 18.9 Å². The standard InChI is InChI=1S/C10H16O5/c1-3-14-9(11)8-10(15-8)4-5-13-6-7(10)12-2/h7-8H,3-6H2,1-2H3. The molecule has 2 saturated heterocycles. The summed E-state index contributed by atoms with van der Waals surface area (Å²) >= 11 is 0. The van der Waals surface area contributed by atoms with Gasteiger partial charge in [0, 0.05) is 20.1 Å². The van der Waals surface area contributed by atoms with Crippen LogP contribution >= 0.6 is 0 Å². The predicted octanol–water partition coefficient (Wildman–Crippen LogP) is 0.122. The molecule has 2 aliphatic heterocycles. The van der Waals surface area contributed by atoms with Crippen LogP contribution in [0.1, 0.15) is 13.3 Å². The molecular formula is C10H16O5. The summed E-state index contributed by atoms with van der Waals surface area (Å²) in [5, 5.41) is 0. The molecule has 0 N–H and O–H groups in total. The molecule has 5 nitrogen and oxygen atoms in total. The first-order chi connectivity index (χ1) is 7.24. The largest absolute Gasteiger partial charge is 0.464 e. The third-order valence-corrected chi connectivity index (χ3v) is 2.96. The Bertz CT molecular complexity index is 254. The van der Waals surface area contributed by atoms with Gasteiger partial charge in [-0.2, -0.15) is 0 Å². The first kappa shape index (κ1) is 10.9. The summed E-state index contributed by atoms with van der Waals surface area (Å²) in [6, 6.07) is 0. The van der Waals surface area contributed by atoms with Gasteiger partial charge in [-0.1, -0.05) is 0 Å². The van der Waals surface area contributed by atoms with Crippen molar-refractivity contribution in [2.75, 3.05) is 26.9 Å². The Morgan fingerprint density at radius 1 is 1.60 bits per heavy atom. The number of ether oxygens (including phenoxy) is 4. The number of esters is 1. The number of carbonyl (C=O) groups excluding carboxylic acids is 1. The fourth-order valence-electron chi connectivity index (χ4n) is 2.08. The fourth-order valence-corrected chi connectivity index (χ4v) is 2.08. The fraction of sp³-hybridized carbons (Fsp3) is 0.900. The lowest BCUT2D eigenvalue weighted by Gasteiger charge is -2.27.